The molecule has 1 aromatic carbocycles. The molecule has 174 valence electrons. The van der Waals surface area contributed by atoms with Crippen molar-refractivity contribution >= 4 is 12.0 Å². The molecule has 1 saturated heterocycles. The van der Waals surface area contributed by atoms with Gasteiger partial charge in [-0.3, -0.25) is 9.69 Å². The summed E-state index contributed by atoms with van der Waals surface area (Å²) in [5, 5.41) is 7.21. The Kier molecular flexibility index (Phi) is 7.50. The number of nitrogens with zero attached hydrogens (tertiary/aromatic N) is 4. The molecule has 9 heteroatoms. The molecule has 0 aliphatic carbocycles. The lowest BCUT2D eigenvalue weighted by Gasteiger charge is -2.35. The molecule has 32 heavy (non-hydrogen) atoms. The van der Waals surface area contributed by atoms with Crippen molar-refractivity contribution in [2.75, 3.05) is 39.3 Å². The summed E-state index contributed by atoms with van der Waals surface area (Å²) in [6, 6.07) is 5.98. The summed E-state index contributed by atoms with van der Waals surface area (Å²) in [5.41, 5.74) is 1.42. The van der Waals surface area contributed by atoms with E-state index in [1.165, 1.54) is 18.3 Å². The first-order valence-electron chi connectivity index (χ1n) is 10.9. The summed E-state index contributed by atoms with van der Waals surface area (Å²) in [4.78, 5) is 28.7. The Bertz CT molecular complexity index is 928. The van der Waals surface area contributed by atoms with Gasteiger partial charge in [0.25, 0.3) is 5.91 Å². The number of piperazine rings is 1. The first-order valence-corrected chi connectivity index (χ1v) is 10.9. The molecule has 8 nitrogen and oxygen atoms in total. The zero-order valence-electron chi connectivity index (χ0n) is 19.2. The number of ether oxygens (including phenoxy) is 1. The van der Waals surface area contributed by atoms with Crippen LogP contribution in [0, 0.1) is 12.7 Å². The molecule has 2 aromatic rings. The Morgan fingerprint density at radius 1 is 1.12 bits per heavy atom. The average molecular weight is 446 g/mol. The number of benzene rings is 1. The minimum absolute atomic E-state index is 0.175. The predicted octanol–water partition coefficient (Wildman–Crippen LogP) is 2.99. The van der Waals surface area contributed by atoms with Crippen LogP contribution in [0.15, 0.2) is 30.5 Å². The minimum atomic E-state index is -0.486. The topological polar surface area (TPSA) is 79.7 Å². The molecule has 0 saturated carbocycles. The number of carbonyl (C=O) groups excluding carboxylic acids is 2. The summed E-state index contributed by atoms with van der Waals surface area (Å²) in [6.07, 6.45) is 2.08. The van der Waals surface area contributed by atoms with Crippen molar-refractivity contribution in [1.29, 1.82) is 0 Å². The molecule has 0 bridgehead atoms. The van der Waals surface area contributed by atoms with Gasteiger partial charge in [-0.1, -0.05) is 0 Å². The van der Waals surface area contributed by atoms with Gasteiger partial charge in [0.1, 0.15) is 11.4 Å². The van der Waals surface area contributed by atoms with Crippen LogP contribution < -0.4 is 5.32 Å². The zero-order valence-corrected chi connectivity index (χ0v) is 19.2. The van der Waals surface area contributed by atoms with Crippen LogP contribution in [0.1, 0.15) is 43.2 Å². The highest BCUT2D eigenvalue weighted by Gasteiger charge is 2.25. The van der Waals surface area contributed by atoms with Crippen molar-refractivity contribution in [1.82, 2.24) is 24.9 Å². The third-order valence-corrected chi connectivity index (χ3v) is 5.29. The third kappa shape index (κ3) is 6.29. The number of halogens is 1. The van der Waals surface area contributed by atoms with E-state index in [0.717, 1.165) is 26.1 Å². The Hall–Kier alpha value is -2.94. The van der Waals surface area contributed by atoms with Crippen molar-refractivity contribution in [3.63, 3.8) is 0 Å². The maximum Gasteiger partial charge on any atom is 0.410 e. The number of aromatic nitrogens is 2. The molecule has 2 heterocycles. The lowest BCUT2D eigenvalue weighted by molar-refractivity contribution is 0.0144. The summed E-state index contributed by atoms with van der Waals surface area (Å²) < 4.78 is 20.2. The van der Waals surface area contributed by atoms with Crippen molar-refractivity contribution in [3.05, 3.63) is 47.5 Å². The molecule has 1 aliphatic rings. The fraction of sp³-hybridized carbons (Fsp3) is 0.522. The predicted molar refractivity (Wildman–Crippen MR) is 119 cm³/mol. The second-order valence-electron chi connectivity index (χ2n) is 8.95. The molecule has 3 rings (SSSR count). The van der Waals surface area contributed by atoms with Crippen LogP contribution in [-0.4, -0.2) is 76.5 Å². The van der Waals surface area contributed by atoms with Crippen LogP contribution in [0.25, 0.3) is 5.69 Å². The van der Waals surface area contributed by atoms with E-state index in [1.54, 1.807) is 21.7 Å². The Balaban J connectivity index is 1.40. The van der Waals surface area contributed by atoms with E-state index in [0.29, 0.717) is 36.6 Å². The van der Waals surface area contributed by atoms with E-state index in [9.17, 15) is 14.0 Å². The monoisotopic (exact) mass is 445 g/mol. The van der Waals surface area contributed by atoms with Crippen LogP contribution in [-0.2, 0) is 4.74 Å². The SMILES string of the molecule is Cc1c(C(=O)NCCCN2CCN(C(=O)OC(C)(C)C)CC2)cnn1-c1ccc(F)cc1. The Morgan fingerprint density at radius 3 is 2.41 bits per heavy atom. The van der Waals surface area contributed by atoms with E-state index in [2.05, 4.69) is 15.3 Å². The normalized spacial score (nSPS) is 15.0. The Morgan fingerprint density at radius 2 is 1.78 bits per heavy atom. The van der Waals surface area contributed by atoms with Crippen molar-refractivity contribution < 1.29 is 18.7 Å². The molecule has 0 unspecified atom stereocenters. The molecule has 1 fully saturated rings. The molecule has 1 N–H and O–H groups in total. The highest BCUT2D eigenvalue weighted by atomic mass is 19.1. The van der Waals surface area contributed by atoms with Crippen LogP contribution >= 0.6 is 0 Å². The van der Waals surface area contributed by atoms with Gasteiger partial charge in [-0.2, -0.15) is 5.10 Å². The van der Waals surface area contributed by atoms with Gasteiger partial charge in [-0.05, 0) is 64.9 Å². The fourth-order valence-corrected chi connectivity index (χ4v) is 3.56. The van der Waals surface area contributed by atoms with E-state index in [-0.39, 0.29) is 17.8 Å². The fourth-order valence-electron chi connectivity index (χ4n) is 3.56. The van der Waals surface area contributed by atoms with Gasteiger partial charge in [0, 0.05) is 32.7 Å². The standard InChI is InChI=1S/C23H32FN5O3/c1-17-20(16-26-29(17)19-8-6-18(24)7-9-19)21(30)25-10-5-11-27-12-14-28(15-13-27)22(31)32-23(2,3)4/h6-9,16H,5,10-15H2,1-4H3,(H,25,30). The molecule has 2 amide bonds. The summed E-state index contributed by atoms with van der Waals surface area (Å²) >= 11 is 0. The lowest BCUT2D eigenvalue weighted by Crippen LogP contribution is -2.50. The molecule has 1 aliphatic heterocycles. The number of rotatable bonds is 6. The molecule has 0 spiro atoms. The van der Waals surface area contributed by atoms with Gasteiger partial charge in [-0.15, -0.1) is 0 Å². The van der Waals surface area contributed by atoms with E-state index < -0.39 is 5.60 Å². The van der Waals surface area contributed by atoms with Crippen LogP contribution in [0.3, 0.4) is 0 Å². The molecule has 0 atom stereocenters. The van der Waals surface area contributed by atoms with Gasteiger partial charge >= 0.3 is 6.09 Å². The first-order chi connectivity index (χ1) is 15.1. The summed E-state index contributed by atoms with van der Waals surface area (Å²) in [7, 11) is 0. The first kappa shape index (κ1) is 23.7. The van der Waals surface area contributed by atoms with Crippen molar-refractivity contribution in [3.8, 4) is 5.69 Å². The highest BCUT2D eigenvalue weighted by molar-refractivity contribution is 5.95. The summed E-state index contributed by atoms with van der Waals surface area (Å²) in [5.74, 6) is -0.492. The third-order valence-electron chi connectivity index (χ3n) is 5.29. The maximum absolute atomic E-state index is 13.1. The number of carbonyl (C=O) groups is 2. The Labute approximate surface area is 188 Å². The van der Waals surface area contributed by atoms with Gasteiger partial charge in [0.2, 0.25) is 0 Å². The number of hydrogen-bond donors (Lipinski definition) is 1. The largest absolute Gasteiger partial charge is 0.444 e. The average Bonchev–Trinajstić information content (AvgIpc) is 3.12. The summed E-state index contributed by atoms with van der Waals surface area (Å²) in [6.45, 7) is 11.7. The van der Waals surface area contributed by atoms with Gasteiger partial charge in [-0.25, -0.2) is 13.9 Å². The van der Waals surface area contributed by atoms with E-state index in [1.807, 2.05) is 27.7 Å². The number of hydrogen-bond acceptors (Lipinski definition) is 5. The van der Waals surface area contributed by atoms with Crippen LogP contribution in [0.4, 0.5) is 9.18 Å². The molecule has 0 radical (unpaired) electrons. The van der Waals surface area contributed by atoms with E-state index >= 15 is 0 Å². The van der Waals surface area contributed by atoms with Gasteiger partial charge in [0.05, 0.1) is 23.1 Å². The second kappa shape index (κ2) is 10.1. The van der Waals surface area contributed by atoms with E-state index in [4.69, 9.17) is 4.74 Å². The second-order valence-corrected chi connectivity index (χ2v) is 8.95. The highest BCUT2D eigenvalue weighted by Crippen LogP contribution is 2.15. The smallest absolute Gasteiger partial charge is 0.410 e. The van der Waals surface area contributed by atoms with Crippen molar-refractivity contribution in [2.45, 2.75) is 39.7 Å². The lowest BCUT2D eigenvalue weighted by atomic mass is 10.2. The quantitative estimate of drug-likeness (QED) is 0.692. The van der Waals surface area contributed by atoms with Crippen molar-refractivity contribution in [2.24, 2.45) is 0 Å². The molecular formula is C23H32FN5O3. The van der Waals surface area contributed by atoms with Gasteiger partial charge < -0.3 is 15.0 Å². The number of nitrogens with one attached hydrogen (secondary N) is 1. The molecule has 1 aromatic heterocycles. The maximum atomic E-state index is 13.1. The van der Waals surface area contributed by atoms with Gasteiger partial charge in [0.15, 0.2) is 0 Å². The molecular weight excluding hydrogens is 413 g/mol. The number of amides is 2. The minimum Gasteiger partial charge on any atom is -0.444 e. The zero-order chi connectivity index (χ0) is 23.3. The van der Waals surface area contributed by atoms with Crippen LogP contribution in [0.2, 0.25) is 0 Å². The van der Waals surface area contributed by atoms with Crippen LogP contribution in [0.5, 0.6) is 0 Å².